The number of hydrogen-bond donors (Lipinski definition) is 1. The van der Waals surface area contributed by atoms with E-state index in [0.717, 1.165) is 18.7 Å². The van der Waals surface area contributed by atoms with Gasteiger partial charge in [0.05, 0.1) is 0 Å². The van der Waals surface area contributed by atoms with Crippen LogP contribution in [0.4, 0.5) is 0 Å². The van der Waals surface area contributed by atoms with Gasteiger partial charge in [-0.25, -0.2) is 0 Å². The summed E-state index contributed by atoms with van der Waals surface area (Å²) in [5.41, 5.74) is 3.91. The van der Waals surface area contributed by atoms with Crippen LogP contribution in [0.15, 0.2) is 12.1 Å². The molecule has 2 nitrogen and oxygen atoms in total. The van der Waals surface area contributed by atoms with Gasteiger partial charge in [-0.05, 0) is 57.9 Å². The number of fused-ring (bicyclic) bond motifs is 1. The van der Waals surface area contributed by atoms with Gasteiger partial charge in [-0.2, -0.15) is 0 Å². The maximum atomic E-state index is 6.15. The molecule has 2 heteroatoms. The summed E-state index contributed by atoms with van der Waals surface area (Å²) in [6, 6.07) is 4.91. The van der Waals surface area contributed by atoms with Gasteiger partial charge in [-0.1, -0.05) is 19.4 Å². The van der Waals surface area contributed by atoms with Crippen molar-refractivity contribution in [3.63, 3.8) is 0 Å². The Bertz CT molecular complexity index is 451. The van der Waals surface area contributed by atoms with E-state index in [4.69, 9.17) is 4.74 Å². The van der Waals surface area contributed by atoms with Crippen molar-refractivity contribution in [1.82, 2.24) is 5.32 Å². The number of aryl methyl sites for hydroxylation is 2. The molecule has 2 rings (SSSR count). The van der Waals surface area contributed by atoms with E-state index in [1.807, 2.05) is 0 Å². The van der Waals surface area contributed by atoms with Crippen LogP contribution in [0.3, 0.4) is 0 Å². The van der Waals surface area contributed by atoms with Gasteiger partial charge < -0.3 is 10.1 Å². The highest BCUT2D eigenvalue weighted by atomic mass is 16.5. The topological polar surface area (TPSA) is 21.3 Å². The van der Waals surface area contributed by atoms with Crippen LogP contribution in [0, 0.1) is 13.8 Å². The lowest BCUT2D eigenvalue weighted by molar-refractivity contribution is 0.0659. The second kappa shape index (κ2) is 5.54. The van der Waals surface area contributed by atoms with Crippen molar-refractivity contribution >= 4 is 0 Å². The Morgan fingerprint density at radius 3 is 2.63 bits per heavy atom. The zero-order chi connectivity index (χ0) is 14.0. The fourth-order valence-electron chi connectivity index (χ4n) is 2.75. The third-order valence-electron chi connectivity index (χ3n) is 4.00. The Hall–Kier alpha value is -1.02. The SMILES string of the molecule is CCCCNC1CC(C)(C)Oc2cc(C)c(C)cc21. The molecule has 1 aliphatic heterocycles. The van der Waals surface area contributed by atoms with Crippen LogP contribution in [0.2, 0.25) is 0 Å². The summed E-state index contributed by atoms with van der Waals surface area (Å²) in [6.07, 6.45) is 3.50. The molecule has 1 unspecified atom stereocenters. The van der Waals surface area contributed by atoms with E-state index < -0.39 is 0 Å². The van der Waals surface area contributed by atoms with Crippen molar-refractivity contribution in [1.29, 1.82) is 0 Å². The number of hydrogen-bond acceptors (Lipinski definition) is 2. The molecule has 1 N–H and O–H groups in total. The Kier molecular flexibility index (Phi) is 4.19. The highest BCUT2D eigenvalue weighted by Crippen LogP contribution is 2.40. The summed E-state index contributed by atoms with van der Waals surface area (Å²) < 4.78 is 6.15. The molecule has 0 aliphatic carbocycles. The fourth-order valence-corrected chi connectivity index (χ4v) is 2.75. The number of rotatable bonds is 4. The standard InChI is InChI=1S/C17H27NO/c1-6-7-8-18-15-11-17(4,5)19-16-10-13(3)12(2)9-14(15)16/h9-10,15,18H,6-8,11H2,1-5H3. The summed E-state index contributed by atoms with van der Waals surface area (Å²) in [6.45, 7) is 12.0. The van der Waals surface area contributed by atoms with Crippen LogP contribution >= 0.6 is 0 Å². The van der Waals surface area contributed by atoms with Gasteiger partial charge in [0.1, 0.15) is 11.4 Å². The second-order valence-corrected chi connectivity index (χ2v) is 6.40. The Morgan fingerprint density at radius 1 is 1.26 bits per heavy atom. The van der Waals surface area contributed by atoms with Crippen molar-refractivity contribution in [3.05, 3.63) is 28.8 Å². The zero-order valence-electron chi connectivity index (χ0n) is 13.0. The smallest absolute Gasteiger partial charge is 0.125 e. The normalized spacial score (nSPS) is 20.8. The van der Waals surface area contributed by atoms with Gasteiger partial charge in [0.15, 0.2) is 0 Å². The van der Waals surface area contributed by atoms with Crippen molar-refractivity contribution in [2.45, 2.75) is 65.5 Å². The molecule has 0 radical (unpaired) electrons. The highest BCUT2D eigenvalue weighted by molar-refractivity contribution is 5.45. The quantitative estimate of drug-likeness (QED) is 0.816. The third-order valence-corrected chi connectivity index (χ3v) is 4.00. The average Bonchev–Trinajstić information content (AvgIpc) is 2.31. The first-order valence-electron chi connectivity index (χ1n) is 7.46. The van der Waals surface area contributed by atoms with Gasteiger partial charge in [-0.15, -0.1) is 0 Å². The highest BCUT2D eigenvalue weighted by Gasteiger charge is 2.33. The lowest BCUT2D eigenvalue weighted by Crippen LogP contribution is -2.39. The minimum Gasteiger partial charge on any atom is -0.487 e. The number of unbranched alkanes of at least 4 members (excludes halogenated alkanes) is 1. The Morgan fingerprint density at radius 2 is 1.95 bits per heavy atom. The predicted octanol–water partition coefficient (Wildman–Crippen LogP) is 4.30. The number of benzene rings is 1. The van der Waals surface area contributed by atoms with Crippen molar-refractivity contribution in [2.75, 3.05) is 6.54 Å². The van der Waals surface area contributed by atoms with Crippen LogP contribution in [0.25, 0.3) is 0 Å². The van der Waals surface area contributed by atoms with Crippen molar-refractivity contribution in [2.24, 2.45) is 0 Å². The molecular weight excluding hydrogens is 234 g/mol. The Balaban J connectivity index is 2.28. The van der Waals surface area contributed by atoms with E-state index in [-0.39, 0.29) is 5.60 Å². The molecule has 0 fully saturated rings. The molecule has 106 valence electrons. The lowest BCUT2D eigenvalue weighted by Gasteiger charge is -2.38. The first-order chi connectivity index (χ1) is 8.93. The minimum atomic E-state index is -0.0847. The number of nitrogens with one attached hydrogen (secondary N) is 1. The molecule has 1 heterocycles. The van der Waals surface area contributed by atoms with E-state index in [1.165, 1.54) is 29.5 Å². The van der Waals surface area contributed by atoms with Crippen molar-refractivity contribution in [3.8, 4) is 5.75 Å². The minimum absolute atomic E-state index is 0.0847. The van der Waals surface area contributed by atoms with E-state index in [1.54, 1.807) is 0 Å². The van der Waals surface area contributed by atoms with E-state index >= 15 is 0 Å². The van der Waals surface area contributed by atoms with Crippen LogP contribution in [-0.4, -0.2) is 12.1 Å². The molecule has 1 aromatic carbocycles. The molecule has 0 aromatic heterocycles. The van der Waals surface area contributed by atoms with Gasteiger partial charge in [0.2, 0.25) is 0 Å². The lowest BCUT2D eigenvalue weighted by atomic mass is 9.88. The zero-order valence-corrected chi connectivity index (χ0v) is 13.0. The van der Waals surface area contributed by atoms with Crippen LogP contribution in [0.1, 0.15) is 62.8 Å². The van der Waals surface area contributed by atoms with Gasteiger partial charge in [0.25, 0.3) is 0 Å². The largest absolute Gasteiger partial charge is 0.487 e. The molecule has 0 saturated carbocycles. The second-order valence-electron chi connectivity index (χ2n) is 6.40. The molecule has 19 heavy (non-hydrogen) atoms. The summed E-state index contributed by atoms with van der Waals surface area (Å²) in [4.78, 5) is 0. The van der Waals surface area contributed by atoms with E-state index in [9.17, 15) is 0 Å². The maximum Gasteiger partial charge on any atom is 0.125 e. The van der Waals surface area contributed by atoms with Crippen LogP contribution < -0.4 is 10.1 Å². The van der Waals surface area contributed by atoms with Gasteiger partial charge in [-0.3, -0.25) is 0 Å². The third kappa shape index (κ3) is 3.30. The molecule has 1 aliphatic rings. The van der Waals surface area contributed by atoms with Crippen LogP contribution in [0.5, 0.6) is 5.75 Å². The molecule has 0 bridgehead atoms. The monoisotopic (exact) mass is 261 g/mol. The molecule has 0 spiro atoms. The average molecular weight is 261 g/mol. The van der Waals surface area contributed by atoms with E-state index in [0.29, 0.717) is 6.04 Å². The summed E-state index contributed by atoms with van der Waals surface area (Å²) in [5, 5.41) is 3.70. The van der Waals surface area contributed by atoms with Crippen LogP contribution in [-0.2, 0) is 0 Å². The Labute approximate surface area is 117 Å². The van der Waals surface area contributed by atoms with Gasteiger partial charge in [0, 0.05) is 18.0 Å². The van der Waals surface area contributed by atoms with Gasteiger partial charge >= 0.3 is 0 Å². The summed E-state index contributed by atoms with van der Waals surface area (Å²) >= 11 is 0. The summed E-state index contributed by atoms with van der Waals surface area (Å²) in [5.74, 6) is 1.06. The summed E-state index contributed by atoms with van der Waals surface area (Å²) in [7, 11) is 0. The molecule has 0 saturated heterocycles. The number of ether oxygens (including phenoxy) is 1. The van der Waals surface area contributed by atoms with Crippen molar-refractivity contribution < 1.29 is 4.74 Å². The molecule has 0 amide bonds. The molecular formula is C17H27NO. The maximum absolute atomic E-state index is 6.15. The predicted molar refractivity (Wildman–Crippen MR) is 80.9 cm³/mol. The van der Waals surface area contributed by atoms with E-state index in [2.05, 4.69) is 52.1 Å². The molecule has 1 aromatic rings. The first-order valence-corrected chi connectivity index (χ1v) is 7.46. The molecule has 1 atom stereocenters. The fraction of sp³-hybridized carbons (Fsp3) is 0.647. The first kappa shape index (κ1) is 14.4.